The van der Waals surface area contributed by atoms with Gasteiger partial charge in [0.2, 0.25) is 22.9 Å². The summed E-state index contributed by atoms with van der Waals surface area (Å²) < 4.78 is 15.7. The second kappa shape index (κ2) is 7.55. The molecule has 0 saturated heterocycles. The smallest absolute Gasteiger partial charge is 0.343 e. The number of carbonyl (C=O) groups excluding carboxylic acids is 3. The molecule has 30 heavy (non-hydrogen) atoms. The van der Waals surface area contributed by atoms with Crippen LogP contribution < -0.4 is 4.74 Å². The molecule has 156 valence electrons. The number of ketones is 2. The first kappa shape index (κ1) is 20.9. The number of phenols is 2. The monoisotopic (exact) mass is 412 g/mol. The predicted molar refractivity (Wildman–Crippen MR) is 105 cm³/mol. The SMILES string of the molecule is C/C=C\C1=CC2=CC(=O)[C@](C)(OC(=O)c3c(C)cc(O)c(O)c3OC)C(=O)C2=CO1. The van der Waals surface area contributed by atoms with Gasteiger partial charge >= 0.3 is 5.97 Å². The summed E-state index contributed by atoms with van der Waals surface area (Å²) in [5.74, 6) is -3.55. The Labute approximate surface area is 172 Å². The van der Waals surface area contributed by atoms with Crippen molar-refractivity contribution in [1.29, 1.82) is 0 Å². The lowest BCUT2D eigenvalue weighted by molar-refractivity contribution is -0.145. The molecular weight excluding hydrogens is 392 g/mol. The highest BCUT2D eigenvalue weighted by Gasteiger charge is 2.50. The molecule has 0 bridgehead atoms. The highest BCUT2D eigenvalue weighted by molar-refractivity contribution is 6.26. The first-order chi connectivity index (χ1) is 14.1. The third-order valence-electron chi connectivity index (χ3n) is 4.82. The number of esters is 1. The molecule has 0 unspecified atom stereocenters. The van der Waals surface area contributed by atoms with Crippen molar-refractivity contribution in [2.24, 2.45) is 0 Å². The highest BCUT2D eigenvalue weighted by Crippen LogP contribution is 2.41. The van der Waals surface area contributed by atoms with Gasteiger partial charge in [-0.2, -0.15) is 0 Å². The van der Waals surface area contributed by atoms with Gasteiger partial charge in [0.25, 0.3) is 0 Å². The van der Waals surface area contributed by atoms with Crippen LogP contribution in [-0.2, 0) is 19.1 Å². The quantitative estimate of drug-likeness (QED) is 0.440. The lowest BCUT2D eigenvalue weighted by Crippen LogP contribution is -2.50. The Morgan fingerprint density at radius 1 is 1.23 bits per heavy atom. The van der Waals surface area contributed by atoms with Crippen LogP contribution in [0.3, 0.4) is 0 Å². The second-order valence-electron chi connectivity index (χ2n) is 6.88. The number of allylic oxidation sites excluding steroid dienone is 4. The molecule has 1 aromatic rings. The van der Waals surface area contributed by atoms with Crippen molar-refractivity contribution in [1.82, 2.24) is 0 Å². The maximum Gasteiger partial charge on any atom is 0.343 e. The van der Waals surface area contributed by atoms with E-state index in [-0.39, 0.29) is 22.4 Å². The maximum absolute atomic E-state index is 13.0. The van der Waals surface area contributed by atoms with Crippen LogP contribution in [0.5, 0.6) is 17.2 Å². The number of Topliss-reactive ketones (excluding diaryl/α,β-unsaturated/α-hetero) is 1. The van der Waals surface area contributed by atoms with Gasteiger partial charge in [0.1, 0.15) is 17.6 Å². The number of phenolic OH excluding ortho intramolecular Hbond substituents is 2. The summed E-state index contributed by atoms with van der Waals surface area (Å²) in [6.45, 7) is 4.47. The Morgan fingerprint density at radius 3 is 2.57 bits per heavy atom. The van der Waals surface area contributed by atoms with E-state index >= 15 is 0 Å². The van der Waals surface area contributed by atoms with Gasteiger partial charge in [-0.25, -0.2) is 4.79 Å². The van der Waals surface area contributed by atoms with Gasteiger partial charge < -0.3 is 24.4 Å². The number of aromatic hydroxyl groups is 2. The predicted octanol–water partition coefficient (Wildman–Crippen LogP) is 2.78. The molecule has 1 aliphatic heterocycles. The summed E-state index contributed by atoms with van der Waals surface area (Å²) in [5.41, 5.74) is -1.67. The molecule has 1 atom stereocenters. The molecular formula is C22H20O8. The van der Waals surface area contributed by atoms with Gasteiger partial charge in [0, 0.05) is 0 Å². The molecule has 1 heterocycles. The van der Waals surface area contributed by atoms with Crippen LogP contribution in [0.25, 0.3) is 0 Å². The van der Waals surface area contributed by atoms with Crippen LogP contribution in [0, 0.1) is 6.92 Å². The fraction of sp³-hybridized carbons (Fsp3) is 0.227. The Hall–Kier alpha value is -3.81. The molecule has 1 aromatic carbocycles. The van der Waals surface area contributed by atoms with Gasteiger partial charge in [-0.1, -0.05) is 6.08 Å². The summed E-state index contributed by atoms with van der Waals surface area (Å²) in [5, 5.41) is 19.7. The van der Waals surface area contributed by atoms with Crippen molar-refractivity contribution in [3.63, 3.8) is 0 Å². The Kier molecular flexibility index (Phi) is 5.26. The zero-order valence-electron chi connectivity index (χ0n) is 16.8. The molecule has 0 radical (unpaired) electrons. The molecule has 3 rings (SSSR count). The number of ether oxygens (including phenoxy) is 3. The fourth-order valence-electron chi connectivity index (χ4n) is 3.21. The number of methoxy groups -OCH3 is 1. The highest BCUT2D eigenvalue weighted by atomic mass is 16.6. The summed E-state index contributed by atoms with van der Waals surface area (Å²) >= 11 is 0. The average Bonchev–Trinajstić information content (AvgIpc) is 2.69. The number of carbonyl (C=O) groups is 3. The maximum atomic E-state index is 13.0. The average molecular weight is 412 g/mol. The second-order valence-corrected chi connectivity index (χ2v) is 6.88. The van der Waals surface area contributed by atoms with E-state index in [4.69, 9.17) is 14.2 Å². The van der Waals surface area contributed by atoms with E-state index in [1.807, 2.05) is 0 Å². The molecule has 0 amide bonds. The summed E-state index contributed by atoms with van der Waals surface area (Å²) in [7, 11) is 1.19. The molecule has 1 aliphatic carbocycles. The van der Waals surface area contributed by atoms with Gasteiger partial charge in [-0.05, 0) is 56.2 Å². The number of rotatable bonds is 4. The van der Waals surface area contributed by atoms with Crippen molar-refractivity contribution < 1.29 is 38.8 Å². The molecule has 8 heteroatoms. The topological polar surface area (TPSA) is 119 Å². The minimum absolute atomic E-state index is 0.0930. The fourth-order valence-corrected chi connectivity index (χ4v) is 3.21. The summed E-state index contributed by atoms with van der Waals surface area (Å²) in [4.78, 5) is 38.7. The van der Waals surface area contributed by atoms with E-state index in [9.17, 15) is 24.6 Å². The van der Waals surface area contributed by atoms with Crippen molar-refractivity contribution in [3.8, 4) is 17.2 Å². The Balaban J connectivity index is 2.00. The zero-order chi connectivity index (χ0) is 22.2. The van der Waals surface area contributed by atoms with Crippen LogP contribution in [0.1, 0.15) is 29.8 Å². The standard InChI is InChI=1S/C22H20O8/c1-5-6-13-8-12-9-16(24)22(3,20(26)14(12)10-29-13)30-21(27)17-11(2)7-15(23)18(25)19(17)28-4/h5-10,23,25H,1-4H3/b6-5-/t22-/m0/s1. The van der Waals surface area contributed by atoms with Crippen molar-refractivity contribution in [2.75, 3.05) is 7.11 Å². The molecule has 0 aromatic heterocycles. The largest absolute Gasteiger partial charge is 0.504 e. The molecule has 0 fully saturated rings. The van der Waals surface area contributed by atoms with Gasteiger partial charge in [0.15, 0.2) is 11.5 Å². The van der Waals surface area contributed by atoms with E-state index in [2.05, 4.69) is 0 Å². The van der Waals surface area contributed by atoms with E-state index < -0.39 is 34.6 Å². The van der Waals surface area contributed by atoms with Crippen LogP contribution in [-0.4, -0.2) is 40.5 Å². The minimum Gasteiger partial charge on any atom is -0.504 e. The number of hydrogen-bond acceptors (Lipinski definition) is 8. The summed E-state index contributed by atoms with van der Waals surface area (Å²) in [6.07, 6.45) is 7.37. The van der Waals surface area contributed by atoms with Gasteiger partial charge in [-0.15, -0.1) is 0 Å². The third-order valence-corrected chi connectivity index (χ3v) is 4.82. The number of fused-ring (bicyclic) bond motifs is 1. The van der Waals surface area contributed by atoms with Crippen molar-refractivity contribution in [3.05, 3.63) is 64.7 Å². The van der Waals surface area contributed by atoms with Gasteiger partial charge in [0.05, 0.1) is 12.7 Å². The van der Waals surface area contributed by atoms with E-state index in [1.54, 1.807) is 19.1 Å². The molecule has 0 saturated carbocycles. The first-order valence-corrected chi connectivity index (χ1v) is 8.99. The number of aryl methyl sites for hydroxylation is 1. The molecule has 8 nitrogen and oxygen atoms in total. The molecule has 2 N–H and O–H groups in total. The third kappa shape index (κ3) is 3.26. The van der Waals surface area contributed by atoms with Crippen LogP contribution in [0.2, 0.25) is 0 Å². The van der Waals surface area contributed by atoms with E-state index in [0.29, 0.717) is 11.3 Å². The lowest BCUT2D eigenvalue weighted by Gasteiger charge is -2.31. The molecule has 2 aliphatic rings. The zero-order valence-corrected chi connectivity index (χ0v) is 16.8. The number of hydrogen-bond donors (Lipinski definition) is 2. The first-order valence-electron chi connectivity index (χ1n) is 8.99. The van der Waals surface area contributed by atoms with Gasteiger partial charge in [-0.3, -0.25) is 9.59 Å². The van der Waals surface area contributed by atoms with Crippen LogP contribution >= 0.6 is 0 Å². The minimum atomic E-state index is -2.13. The lowest BCUT2D eigenvalue weighted by atomic mass is 9.80. The Morgan fingerprint density at radius 2 is 1.93 bits per heavy atom. The van der Waals surface area contributed by atoms with E-state index in [1.165, 1.54) is 39.4 Å². The Bertz CT molecular complexity index is 1090. The van der Waals surface area contributed by atoms with Crippen molar-refractivity contribution in [2.45, 2.75) is 26.4 Å². The van der Waals surface area contributed by atoms with Crippen molar-refractivity contribution >= 4 is 17.5 Å². The van der Waals surface area contributed by atoms with Crippen LogP contribution in [0.4, 0.5) is 0 Å². The van der Waals surface area contributed by atoms with Crippen LogP contribution in [0.15, 0.2) is 53.5 Å². The van der Waals surface area contributed by atoms with E-state index in [0.717, 1.165) is 6.07 Å². The summed E-state index contributed by atoms with van der Waals surface area (Å²) in [6, 6.07) is 1.14. The number of benzene rings is 1. The normalized spacial score (nSPS) is 20.7. The molecule has 0 spiro atoms.